The van der Waals surface area contributed by atoms with Gasteiger partial charge in [0.1, 0.15) is 12.4 Å². The van der Waals surface area contributed by atoms with Crippen LogP contribution in [0.15, 0.2) is 48.7 Å². The maximum Gasteiger partial charge on any atom is 0.317 e. The average Bonchev–Trinajstić information content (AvgIpc) is 2.73. The summed E-state index contributed by atoms with van der Waals surface area (Å²) in [5.41, 5.74) is 2.18. The van der Waals surface area contributed by atoms with E-state index in [0.717, 1.165) is 50.5 Å². The van der Waals surface area contributed by atoms with E-state index in [9.17, 15) is 4.79 Å². The van der Waals surface area contributed by atoms with E-state index >= 15 is 0 Å². The number of pyridine rings is 1. The van der Waals surface area contributed by atoms with Crippen LogP contribution in [0.4, 0.5) is 0 Å². The van der Waals surface area contributed by atoms with Crippen LogP contribution >= 0.6 is 0 Å². The summed E-state index contributed by atoms with van der Waals surface area (Å²) >= 11 is 0. The maximum absolute atomic E-state index is 11.0. The minimum absolute atomic E-state index is 0.140. The zero-order valence-electron chi connectivity index (χ0n) is 16.5. The van der Waals surface area contributed by atoms with Gasteiger partial charge in [-0.2, -0.15) is 0 Å². The Balaban J connectivity index is 1.44. The smallest absolute Gasteiger partial charge is 0.317 e. The van der Waals surface area contributed by atoms with Crippen LogP contribution in [0, 0.1) is 0 Å². The summed E-state index contributed by atoms with van der Waals surface area (Å²) in [4.78, 5) is 19.8. The van der Waals surface area contributed by atoms with Gasteiger partial charge in [0.2, 0.25) is 0 Å². The van der Waals surface area contributed by atoms with E-state index in [4.69, 9.17) is 9.84 Å². The summed E-state index contributed by atoms with van der Waals surface area (Å²) in [6.07, 6.45) is 3.81. The number of ether oxygens (including phenoxy) is 1. The molecule has 1 fully saturated rings. The molecule has 3 rings (SSSR count). The molecule has 2 heterocycles. The van der Waals surface area contributed by atoms with E-state index in [0.29, 0.717) is 12.6 Å². The number of nitrogens with zero attached hydrogens (tertiary/aromatic N) is 3. The summed E-state index contributed by atoms with van der Waals surface area (Å²) in [7, 11) is 0. The molecule has 1 aromatic heterocycles. The molecular weight excluding hydrogens is 354 g/mol. The van der Waals surface area contributed by atoms with Gasteiger partial charge in [0.05, 0.1) is 12.2 Å². The van der Waals surface area contributed by atoms with Crippen LogP contribution in [0.1, 0.15) is 31.0 Å². The Morgan fingerprint density at radius 3 is 2.57 bits per heavy atom. The second-order valence-corrected chi connectivity index (χ2v) is 7.22. The topological polar surface area (TPSA) is 65.9 Å². The molecule has 6 heteroatoms. The zero-order chi connectivity index (χ0) is 19.8. The number of hydrogen-bond donors (Lipinski definition) is 1. The standard InChI is InChI=1S/C22H29N3O3/c1-2-25(16-22(26)27)20-10-13-24(14-11-20)15-18-6-8-21(9-7-18)28-17-19-5-3-4-12-23-19/h3-9,12,20H,2,10-11,13-17H2,1H3,(H,26,27). The van der Waals surface area contributed by atoms with Crippen molar-refractivity contribution in [1.29, 1.82) is 0 Å². The molecule has 150 valence electrons. The maximum atomic E-state index is 11.0. The molecule has 0 saturated carbocycles. The fourth-order valence-electron chi connectivity index (χ4n) is 3.71. The lowest BCUT2D eigenvalue weighted by atomic mass is 10.0. The van der Waals surface area contributed by atoms with E-state index in [2.05, 4.69) is 26.9 Å². The highest BCUT2D eigenvalue weighted by molar-refractivity contribution is 5.69. The van der Waals surface area contributed by atoms with Gasteiger partial charge in [-0.15, -0.1) is 0 Å². The van der Waals surface area contributed by atoms with Crippen molar-refractivity contribution in [2.75, 3.05) is 26.2 Å². The van der Waals surface area contributed by atoms with Crippen molar-refractivity contribution in [2.24, 2.45) is 0 Å². The molecule has 2 aromatic rings. The molecule has 1 aliphatic rings. The van der Waals surface area contributed by atoms with Crippen LogP contribution < -0.4 is 4.74 Å². The number of carboxylic acids is 1. The average molecular weight is 383 g/mol. The van der Waals surface area contributed by atoms with E-state index in [-0.39, 0.29) is 6.54 Å². The van der Waals surface area contributed by atoms with Crippen LogP contribution in [-0.4, -0.2) is 58.1 Å². The lowest BCUT2D eigenvalue weighted by Gasteiger charge is -2.37. The molecule has 0 unspecified atom stereocenters. The molecule has 1 aromatic carbocycles. The van der Waals surface area contributed by atoms with Gasteiger partial charge < -0.3 is 9.84 Å². The highest BCUT2D eigenvalue weighted by Crippen LogP contribution is 2.20. The molecule has 0 radical (unpaired) electrons. The van der Waals surface area contributed by atoms with Gasteiger partial charge >= 0.3 is 5.97 Å². The molecule has 1 N–H and O–H groups in total. The fourth-order valence-corrected chi connectivity index (χ4v) is 3.71. The number of hydrogen-bond acceptors (Lipinski definition) is 5. The number of rotatable bonds is 9. The number of likely N-dealkylation sites (tertiary alicyclic amines) is 1. The van der Waals surface area contributed by atoms with Crippen LogP contribution in [0.3, 0.4) is 0 Å². The van der Waals surface area contributed by atoms with Gasteiger partial charge in [-0.3, -0.25) is 19.6 Å². The van der Waals surface area contributed by atoms with Crippen molar-refractivity contribution in [2.45, 2.75) is 39.0 Å². The minimum atomic E-state index is -0.741. The fraction of sp³-hybridized carbons (Fsp3) is 0.455. The molecule has 0 amide bonds. The Bertz CT molecular complexity index is 728. The largest absolute Gasteiger partial charge is 0.487 e. The molecular formula is C22H29N3O3. The van der Waals surface area contributed by atoms with Crippen LogP contribution in [-0.2, 0) is 17.9 Å². The Morgan fingerprint density at radius 1 is 1.21 bits per heavy atom. The quantitative estimate of drug-likeness (QED) is 0.718. The number of carboxylic acid groups (broad SMARTS) is 1. The van der Waals surface area contributed by atoms with Crippen molar-refractivity contribution in [1.82, 2.24) is 14.8 Å². The van der Waals surface area contributed by atoms with Crippen molar-refractivity contribution in [3.05, 3.63) is 59.9 Å². The predicted octanol–water partition coefficient (Wildman–Crippen LogP) is 3.03. The SMILES string of the molecule is CCN(CC(=O)O)C1CCN(Cc2ccc(OCc3ccccn3)cc2)CC1. The molecule has 1 saturated heterocycles. The summed E-state index contributed by atoms with van der Waals surface area (Å²) in [5, 5.41) is 9.05. The van der Waals surface area contributed by atoms with Gasteiger partial charge in [-0.05, 0) is 62.3 Å². The minimum Gasteiger partial charge on any atom is -0.487 e. The van der Waals surface area contributed by atoms with Gasteiger partial charge in [-0.1, -0.05) is 25.1 Å². The Hall–Kier alpha value is -2.44. The summed E-state index contributed by atoms with van der Waals surface area (Å²) in [5.74, 6) is 0.106. The first-order valence-corrected chi connectivity index (χ1v) is 9.94. The van der Waals surface area contributed by atoms with E-state index < -0.39 is 5.97 Å². The molecule has 28 heavy (non-hydrogen) atoms. The van der Waals surface area contributed by atoms with E-state index in [1.165, 1.54) is 5.56 Å². The third-order valence-electron chi connectivity index (χ3n) is 5.26. The first kappa shape index (κ1) is 20.3. The highest BCUT2D eigenvalue weighted by Gasteiger charge is 2.24. The second-order valence-electron chi connectivity index (χ2n) is 7.22. The number of carbonyl (C=O) groups is 1. The lowest BCUT2D eigenvalue weighted by molar-refractivity contribution is -0.139. The summed E-state index contributed by atoms with van der Waals surface area (Å²) in [6, 6.07) is 14.4. The van der Waals surface area contributed by atoms with Gasteiger partial charge in [0, 0.05) is 18.8 Å². The third-order valence-corrected chi connectivity index (χ3v) is 5.26. The summed E-state index contributed by atoms with van der Waals surface area (Å²) in [6.45, 7) is 6.35. The van der Waals surface area contributed by atoms with Gasteiger partial charge in [0.15, 0.2) is 0 Å². The molecule has 0 spiro atoms. The normalized spacial score (nSPS) is 15.6. The summed E-state index contributed by atoms with van der Waals surface area (Å²) < 4.78 is 5.79. The van der Waals surface area contributed by atoms with Crippen molar-refractivity contribution >= 4 is 5.97 Å². The highest BCUT2D eigenvalue weighted by atomic mass is 16.5. The molecule has 6 nitrogen and oxygen atoms in total. The molecule has 0 atom stereocenters. The Kier molecular flexibility index (Phi) is 7.39. The van der Waals surface area contributed by atoms with Gasteiger partial charge in [-0.25, -0.2) is 0 Å². The number of aromatic nitrogens is 1. The van der Waals surface area contributed by atoms with Crippen LogP contribution in [0.2, 0.25) is 0 Å². The van der Waals surface area contributed by atoms with Crippen molar-refractivity contribution in [3.63, 3.8) is 0 Å². The molecule has 0 bridgehead atoms. The Labute approximate surface area is 166 Å². The van der Waals surface area contributed by atoms with Crippen LogP contribution in [0.5, 0.6) is 5.75 Å². The van der Waals surface area contributed by atoms with E-state index in [1.54, 1.807) is 6.20 Å². The molecule has 0 aliphatic carbocycles. The predicted molar refractivity (Wildman–Crippen MR) is 108 cm³/mol. The first-order chi connectivity index (χ1) is 13.6. The van der Waals surface area contributed by atoms with Crippen molar-refractivity contribution < 1.29 is 14.6 Å². The molecule has 1 aliphatic heterocycles. The van der Waals surface area contributed by atoms with E-state index in [1.807, 2.05) is 37.3 Å². The van der Waals surface area contributed by atoms with Crippen LogP contribution in [0.25, 0.3) is 0 Å². The Morgan fingerprint density at radius 2 is 1.96 bits per heavy atom. The number of benzene rings is 1. The third kappa shape index (κ3) is 6.04. The first-order valence-electron chi connectivity index (χ1n) is 9.94. The monoisotopic (exact) mass is 383 g/mol. The number of likely N-dealkylation sites (N-methyl/N-ethyl adjacent to an activating group) is 1. The van der Waals surface area contributed by atoms with Gasteiger partial charge in [0.25, 0.3) is 0 Å². The second kappa shape index (κ2) is 10.2. The number of aliphatic carboxylic acids is 1. The number of piperidine rings is 1. The van der Waals surface area contributed by atoms with Crippen molar-refractivity contribution in [3.8, 4) is 5.75 Å². The zero-order valence-corrected chi connectivity index (χ0v) is 16.5. The lowest BCUT2D eigenvalue weighted by Crippen LogP contribution is -2.46.